The van der Waals surface area contributed by atoms with Gasteiger partial charge in [0.2, 0.25) is 0 Å². The third-order valence-electron chi connectivity index (χ3n) is 7.08. The number of imidazole rings is 1. The van der Waals surface area contributed by atoms with E-state index in [1.807, 2.05) is 42.5 Å². The highest BCUT2D eigenvalue weighted by Gasteiger charge is 2.29. The van der Waals surface area contributed by atoms with Gasteiger partial charge >= 0.3 is 5.97 Å². The second kappa shape index (κ2) is 9.05. The average Bonchev–Trinajstić information content (AvgIpc) is 3.49. The molecule has 7 nitrogen and oxygen atoms in total. The third-order valence-corrected chi connectivity index (χ3v) is 7.08. The van der Waals surface area contributed by atoms with Crippen LogP contribution in [0.15, 0.2) is 48.5 Å². The standard InChI is InChI=1S/C28H29N5O2/c1-18-14-25-30-24-7-5-6-21(16-29)26(24)33(25)27(32-13-12-22(17-32)31(2)3)23(18)15-19-8-10-20(11-9-19)28(34)35-4/h5-11,14,22H,12-13,15,17H2,1-4H3/t22-/m0/s1. The third kappa shape index (κ3) is 4.00. The Morgan fingerprint density at radius 3 is 2.66 bits per heavy atom. The molecule has 1 saturated heterocycles. The fraction of sp³-hybridized carbons (Fsp3) is 0.321. The number of hydrogen-bond donors (Lipinski definition) is 0. The van der Waals surface area contributed by atoms with E-state index in [4.69, 9.17) is 9.72 Å². The molecule has 0 aliphatic carbocycles. The van der Waals surface area contributed by atoms with Gasteiger partial charge in [-0.15, -0.1) is 0 Å². The predicted molar refractivity (Wildman–Crippen MR) is 137 cm³/mol. The molecule has 0 saturated carbocycles. The number of carbonyl (C=O) groups excluding carboxylic acids is 1. The fourth-order valence-corrected chi connectivity index (χ4v) is 5.13. The van der Waals surface area contributed by atoms with Crippen LogP contribution in [0.25, 0.3) is 16.7 Å². The molecule has 7 heteroatoms. The van der Waals surface area contributed by atoms with Gasteiger partial charge in [-0.05, 0) is 68.9 Å². The summed E-state index contributed by atoms with van der Waals surface area (Å²) in [7, 11) is 5.65. The number of esters is 1. The van der Waals surface area contributed by atoms with E-state index in [1.165, 1.54) is 12.7 Å². The zero-order chi connectivity index (χ0) is 24.7. The van der Waals surface area contributed by atoms with Crippen LogP contribution in [0.3, 0.4) is 0 Å². The lowest BCUT2D eigenvalue weighted by Crippen LogP contribution is -2.32. The summed E-state index contributed by atoms with van der Waals surface area (Å²) in [6.45, 7) is 3.98. The molecule has 5 rings (SSSR count). The van der Waals surface area contributed by atoms with Gasteiger partial charge in [-0.2, -0.15) is 5.26 Å². The Bertz CT molecular complexity index is 1460. The van der Waals surface area contributed by atoms with E-state index in [1.54, 1.807) is 0 Å². The molecular weight excluding hydrogens is 438 g/mol. The monoisotopic (exact) mass is 467 g/mol. The number of aromatic nitrogens is 2. The van der Waals surface area contributed by atoms with Crippen molar-refractivity contribution in [2.24, 2.45) is 0 Å². The second-order valence-electron chi connectivity index (χ2n) is 9.44. The summed E-state index contributed by atoms with van der Waals surface area (Å²) < 4.78 is 7.02. The summed E-state index contributed by atoms with van der Waals surface area (Å²) in [4.78, 5) is 21.5. The van der Waals surface area contributed by atoms with Crippen LogP contribution in [0.2, 0.25) is 0 Å². The average molecular weight is 468 g/mol. The normalized spacial score (nSPS) is 15.8. The van der Waals surface area contributed by atoms with Crippen molar-refractivity contribution >= 4 is 28.5 Å². The lowest BCUT2D eigenvalue weighted by Gasteiger charge is -2.27. The van der Waals surface area contributed by atoms with E-state index in [0.29, 0.717) is 23.6 Å². The molecule has 1 aliphatic heterocycles. The van der Waals surface area contributed by atoms with Crippen molar-refractivity contribution in [2.75, 3.05) is 39.2 Å². The number of pyridine rings is 1. The second-order valence-corrected chi connectivity index (χ2v) is 9.44. The number of para-hydroxylation sites is 1. The zero-order valence-electron chi connectivity index (χ0n) is 20.6. The molecule has 4 aromatic rings. The van der Waals surface area contributed by atoms with E-state index in [0.717, 1.165) is 53.1 Å². The number of likely N-dealkylation sites (N-methyl/N-ethyl adjacent to an activating group) is 1. The van der Waals surface area contributed by atoms with E-state index in [2.05, 4.69) is 47.4 Å². The topological polar surface area (TPSA) is 73.9 Å². The summed E-state index contributed by atoms with van der Waals surface area (Å²) in [6.07, 6.45) is 1.78. The number of carbonyl (C=O) groups is 1. The lowest BCUT2D eigenvalue weighted by atomic mass is 9.99. The minimum absolute atomic E-state index is 0.337. The van der Waals surface area contributed by atoms with E-state index in [-0.39, 0.29) is 5.97 Å². The van der Waals surface area contributed by atoms with Crippen LogP contribution in [-0.2, 0) is 11.2 Å². The molecule has 0 N–H and O–H groups in total. The van der Waals surface area contributed by atoms with Crippen LogP contribution in [0.5, 0.6) is 0 Å². The molecule has 0 unspecified atom stereocenters. The first kappa shape index (κ1) is 22.9. The SMILES string of the molecule is COC(=O)c1ccc(Cc2c(C)cc3nc4cccc(C#N)c4n3c2N2CC[C@H](N(C)C)C2)cc1. The highest BCUT2D eigenvalue weighted by molar-refractivity contribution is 5.89. The number of nitriles is 1. The number of anilines is 1. The van der Waals surface area contributed by atoms with Crippen LogP contribution < -0.4 is 4.90 Å². The quantitative estimate of drug-likeness (QED) is 0.410. The Morgan fingerprint density at radius 1 is 1.23 bits per heavy atom. The maximum absolute atomic E-state index is 11.9. The van der Waals surface area contributed by atoms with Gasteiger partial charge in [0.1, 0.15) is 17.5 Å². The summed E-state index contributed by atoms with van der Waals surface area (Å²) in [6, 6.07) is 18.3. The molecule has 2 aromatic carbocycles. The summed E-state index contributed by atoms with van der Waals surface area (Å²) in [5.41, 5.74) is 7.17. The first-order chi connectivity index (χ1) is 16.9. The molecule has 0 bridgehead atoms. The molecule has 1 atom stereocenters. The molecule has 178 valence electrons. The van der Waals surface area contributed by atoms with Crippen molar-refractivity contribution in [3.63, 3.8) is 0 Å². The number of nitrogens with zero attached hydrogens (tertiary/aromatic N) is 5. The fourth-order valence-electron chi connectivity index (χ4n) is 5.13. The molecule has 1 aliphatic rings. The Balaban J connectivity index is 1.71. The summed E-state index contributed by atoms with van der Waals surface area (Å²) >= 11 is 0. The minimum Gasteiger partial charge on any atom is -0.465 e. The largest absolute Gasteiger partial charge is 0.465 e. The van der Waals surface area contributed by atoms with Crippen LogP contribution in [0.1, 0.15) is 39.0 Å². The number of rotatable bonds is 5. The van der Waals surface area contributed by atoms with Gasteiger partial charge in [0.05, 0.1) is 29.3 Å². The highest BCUT2D eigenvalue weighted by atomic mass is 16.5. The number of fused-ring (bicyclic) bond motifs is 3. The van der Waals surface area contributed by atoms with Crippen molar-refractivity contribution in [3.8, 4) is 6.07 Å². The first-order valence-electron chi connectivity index (χ1n) is 11.8. The zero-order valence-corrected chi connectivity index (χ0v) is 20.6. The molecule has 1 fully saturated rings. The van der Waals surface area contributed by atoms with Crippen LogP contribution in [0.4, 0.5) is 5.82 Å². The van der Waals surface area contributed by atoms with Crippen molar-refractivity contribution < 1.29 is 9.53 Å². The maximum Gasteiger partial charge on any atom is 0.337 e. The van der Waals surface area contributed by atoms with Crippen LogP contribution >= 0.6 is 0 Å². The van der Waals surface area contributed by atoms with Gasteiger partial charge in [-0.3, -0.25) is 4.40 Å². The van der Waals surface area contributed by atoms with Crippen molar-refractivity contribution in [1.29, 1.82) is 5.26 Å². The van der Waals surface area contributed by atoms with Gasteiger partial charge in [0.15, 0.2) is 0 Å². The van der Waals surface area contributed by atoms with E-state index < -0.39 is 0 Å². The Labute approximate surface area is 205 Å². The highest BCUT2D eigenvalue weighted by Crippen LogP contribution is 2.35. The predicted octanol–water partition coefficient (Wildman–Crippen LogP) is 4.19. The van der Waals surface area contributed by atoms with Gasteiger partial charge in [-0.25, -0.2) is 9.78 Å². The summed E-state index contributed by atoms with van der Waals surface area (Å²) in [5.74, 6) is 0.766. The summed E-state index contributed by atoms with van der Waals surface area (Å²) in [5, 5.41) is 9.89. The molecule has 0 spiro atoms. The number of ether oxygens (including phenoxy) is 1. The molecule has 35 heavy (non-hydrogen) atoms. The van der Waals surface area contributed by atoms with Gasteiger partial charge < -0.3 is 14.5 Å². The molecule has 3 heterocycles. The molecular formula is C28H29N5O2. The van der Waals surface area contributed by atoms with E-state index in [9.17, 15) is 10.1 Å². The van der Waals surface area contributed by atoms with Gasteiger partial charge in [0.25, 0.3) is 0 Å². The van der Waals surface area contributed by atoms with Crippen molar-refractivity contribution in [1.82, 2.24) is 14.3 Å². The Kier molecular flexibility index (Phi) is 5.91. The van der Waals surface area contributed by atoms with Crippen molar-refractivity contribution in [3.05, 3.63) is 76.3 Å². The van der Waals surface area contributed by atoms with Crippen molar-refractivity contribution in [2.45, 2.75) is 25.8 Å². The minimum atomic E-state index is -0.337. The molecule has 2 aromatic heterocycles. The first-order valence-corrected chi connectivity index (χ1v) is 11.8. The molecule has 0 amide bonds. The molecule has 0 radical (unpaired) electrons. The number of benzene rings is 2. The number of hydrogen-bond acceptors (Lipinski definition) is 6. The van der Waals surface area contributed by atoms with Crippen LogP contribution in [0, 0.1) is 18.3 Å². The number of aryl methyl sites for hydroxylation is 1. The maximum atomic E-state index is 11.9. The number of methoxy groups -OCH3 is 1. The van der Waals surface area contributed by atoms with E-state index >= 15 is 0 Å². The van der Waals surface area contributed by atoms with Crippen LogP contribution in [-0.4, -0.2) is 60.6 Å². The van der Waals surface area contributed by atoms with Gasteiger partial charge in [-0.1, -0.05) is 18.2 Å². The Hall–Kier alpha value is -3.89. The Morgan fingerprint density at radius 2 is 2.00 bits per heavy atom. The smallest absolute Gasteiger partial charge is 0.337 e. The van der Waals surface area contributed by atoms with Gasteiger partial charge in [0, 0.05) is 31.1 Å². The lowest BCUT2D eigenvalue weighted by molar-refractivity contribution is 0.0600.